The van der Waals surface area contributed by atoms with Gasteiger partial charge in [0.2, 0.25) is 11.8 Å². The second kappa shape index (κ2) is 11.8. The van der Waals surface area contributed by atoms with Crippen molar-refractivity contribution in [3.8, 4) is 0 Å². The van der Waals surface area contributed by atoms with Gasteiger partial charge in [-0.2, -0.15) is 0 Å². The molecule has 11 nitrogen and oxygen atoms in total. The predicted octanol–water partition coefficient (Wildman–Crippen LogP) is 3.94. The largest absolute Gasteiger partial charge is 0.478 e. The smallest absolute Gasteiger partial charge is 0.338 e. The Bertz CT molecular complexity index is 1520. The Morgan fingerprint density at radius 2 is 1.55 bits per heavy atom. The van der Waals surface area contributed by atoms with E-state index in [1.807, 2.05) is 0 Å². The van der Waals surface area contributed by atoms with E-state index in [0.717, 1.165) is 23.1 Å². The summed E-state index contributed by atoms with van der Waals surface area (Å²) in [6.07, 6.45) is -0.0219. The number of thioether (sulfide) groups is 1. The van der Waals surface area contributed by atoms with Crippen LogP contribution in [-0.2, 0) is 14.3 Å². The van der Waals surface area contributed by atoms with Crippen LogP contribution < -0.4 is 10.2 Å². The van der Waals surface area contributed by atoms with Gasteiger partial charge in [0.15, 0.2) is 0 Å². The molecule has 0 aromatic heterocycles. The minimum Gasteiger partial charge on any atom is -0.478 e. The van der Waals surface area contributed by atoms with Crippen molar-refractivity contribution in [3.05, 3.63) is 89.0 Å². The van der Waals surface area contributed by atoms with Crippen LogP contribution in [0.3, 0.4) is 0 Å². The number of amides is 3. The van der Waals surface area contributed by atoms with Crippen molar-refractivity contribution >= 4 is 58.8 Å². The molecule has 0 radical (unpaired) electrons. The minimum atomic E-state index is -1.44. The van der Waals surface area contributed by atoms with Crippen LogP contribution in [0.4, 0.5) is 11.4 Å². The third-order valence-corrected chi connectivity index (χ3v) is 7.07. The topological polar surface area (TPSA) is 167 Å². The molecule has 40 heavy (non-hydrogen) atoms. The van der Waals surface area contributed by atoms with Crippen LogP contribution in [0.15, 0.2) is 71.6 Å². The third-order valence-electron chi connectivity index (χ3n) is 5.87. The van der Waals surface area contributed by atoms with E-state index in [1.54, 1.807) is 31.2 Å². The van der Waals surface area contributed by atoms with Gasteiger partial charge < -0.3 is 20.3 Å². The number of carbonyl (C=O) groups excluding carboxylic acids is 4. The molecule has 1 heterocycles. The van der Waals surface area contributed by atoms with Crippen LogP contribution in [0.5, 0.6) is 0 Å². The monoisotopic (exact) mass is 562 g/mol. The summed E-state index contributed by atoms with van der Waals surface area (Å²) in [5, 5.41) is 20.4. The molecule has 0 bridgehead atoms. The number of rotatable bonds is 9. The fraction of sp³-hybridized carbons (Fsp3) is 0.143. The Labute approximate surface area is 231 Å². The molecular weight excluding hydrogens is 540 g/mol. The van der Waals surface area contributed by atoms with Gasteiger partial charge in [-0.1, -0.05) is 0 Å². The molecule has 1 aliphatic rings. The summed E-state index contributed by atoms with van der Waals surface area (Å²) in [5.74, 6) is -4.78. The van der Waals surface area contributed by atoms with Gasteiger partial charge in [-0.3, -0.25) is 14.4 Å². The molecule has 1 aliphatic heterocycles. The number of hydrogen-bond acceptors (Lipinski definition) is 8. The summed E-state index contributed by atoms with van der Waals surface area (Å²) in [5.41, 5.74) is 0.0729. The first-order chi connectivity index (χ1) is 19.1. The normalized spacial score (nSPS) is 14.6. The van der Waals surface area contributed by atoms with E-state index in [-0.39, 0.29) is 30.1 Å². The summed E-state index contributed by atoms with van der Waals surface area (Å²) >= 11 is 1.18. The van der Waals surface area contributed by atoms with Crippen LogP contribution in [0.25, 0.3) is 0 Å². The van der Waals surface area contributed by atoms with E-state index in [1.165, 1.54) is 36.0 Å². The lowest BCUT2D eigenvalue weighted by molar-refractivity contribution is -0.121. The van der Waals surface area contributed by atoms with Crippen LogP contribution >= 0.6 is 11.8 Å². The van der Waals surface area contributed by atoms with Gasteiger partial charge >= 0.3 is 17.9 Å². The van der Waals surface area contributed by atoms with E-state index >= 15 is 0 Å². The number of esters is 1. The second-order valence-corrected chi connectivity index (χ2v) is 9.77. The highest BCUT2D eigenvalue weighted by Crippen LogP contribution is 2.34. The number of anilines is 2. The van der Waals surface area contributed by atoms with Gasteiger partial charge in [0.05, 0.1) is 39.8 Å². The molecule has 204 valence electrons. The van der Waals surface area contributed by atoms with Crippen molar-refractivity contribution in [2.75, 3.05) is 16.8 Å². The van der Waals surface area contributed by atoms with Gasteiger partial charge in [-0.25, -0.2) is 19.3 Å². The molecule has 1 unspecified atom stereocenters. The third kappa shape index (κ3) is 6.02. The molecule has 0 spiro atoms. The maximum Gasteiger partial charge on any atom is 0.338 e. The van der Waals surface area contributed by atoms with Crippen molar-refractivity contribution in [2.24, 2.45) is 0 Å². The van der Waals surface area contributed by atoms with Crippen molar-refractivity contribution in [2.45, 2.75) is 23.5 Å². The molecule has 3 aromatic rings. The maximum atomic E-state index is 13.0. The van der Waals surface area contributed by atoms with Crippen LogP contribution in [0.1, 0.15) is 54.8 Å². The van der Waals surface area contributed by atoms with E-state index in [4.69, 9.17) is 9.84 Å². The number of benzene rings is 3. The van der Waals surface area contributed by atoms with Crippen LogP contribution in [0, 0.1) is 0 Å². The molecule has 3 amide bonds. The molecule has 3 aromatic carbocycles. The van der Waals surface area contributed by atoms with Crippen LogP contribution in [0.2, 0.25) is 0 Å². The average Bonchev–Trinajstić information content (AvgIpc) is 3.21. The van der Waals surface area contributed by atoms with Gasteiger partial charge in [-0.05, 0) is 73.7 Å². The Balaban J connectivity index is 1.41. The number of hydrogen-bond donors (Lipinski definition) is 3. The lowest BCUT2D eigenvalue weighted by Gasteiger charge is -2.15. The number of nitrogens with zero attached hydrogens (tertiary/aromatic N) is 1. The number of aromatic carboxylic acids is 2. The highest BCUT2D eigenvalue weighted by molar-refractivity contribution is 8.00. The molecular formula is C28H22N2O9S. The molecule has 1 fully saturated rings. The first-order valence-corrected chi connectivity index (χ1v) is 12.8. The lowest BCUT2D eigenvalue weighted by Crippen LogP contribution is -2.31. The number of carboxylic acids is 2. The number of ether oxygens (including phenoxy) is 1. The fourth-order valence-corrected chi connectivity index (χ4v) is 5.01. The first kappa shape index (κ1) is 28.0. The average molecular weight is 563 g/mol. The summed E-state index contributed by atoms with van der Waals surface area (Å²) in [7, 11) is 0. The van der Waals surface area contributed by atoms with E-state index in [2.05, 4.69) is 5.32 Å². The van der Waals surface area contributed by atoms with E-state index in [9.17, 15) is 33.9 Å². The first-order valence-electron chi connectivity index (χ1n) is 11.9. The number of nitrogens with one attached hydrogen (secondary N) is 1. The predicted molar refractivity (Wildman–Crippen MR) is 144 cm³/mol. The van der Waals surface area contributed by atoms with Crippen molar-refractivity contribution in [1.82, 2.24) is 0 Å². The number of imide groups is 1. The molecule has 4 rings (SSSR count). The van der Waals surface area contributed by atoms with Crippen molar-refractivity contribution in [3.63, 3.8) is 0 Å². The minimum absolute atomic E-state index is 0.0219. The van der Waals surface area contributed by atoms with Gasteiger partial charge in [0.25, 0.3) is 5.91 Å². The maximum absolute atomic E-state index is 13.0. The fourth-order valence-electron chi connectivity index (χ4n) is 3.96. The summed E-state index contributed by atoms with van der Waals surface area (Å²) in [6, 6.07) is 15.6. The number of carboxylic acid groups (broad SMARTS) is 2. The van der Waals surface area contributed by atoms with Gasteiger partial charge in [0, 0.05) is 17.0 Å². The molecule has 1 saturated heterocycles. The summed E-state index contributed by atoms with van der Waals surface area (Å²) in [4.78, 5) is 74.6. The molecule has 1 atom stereocenters. The lowest BCUT2D eigenvalue weighted by atomic mass is 10.0. The molecule has 3 N–H and O–H groups in total. The second-order valence-electron chi connectivity index (χ2n) is 8.49. The SMILES string of the molecule is CCOC(=O)c1ccc(N2C(=O)CC(Sc3ccc(NC(=O)c4ccc(C(=O)O)cc4C(=O)O)cc3)C2=O)cc1. The van der Waals surface area contributed by atoms with E-state index in [0.29, 0.717) is 21.8 Å². The van der Waals surface area contributed by atoms with E-state index < -0.39 is 40.5 Å². The quantitative estimate of drug-likeness (QED) is 0.257. The van der Waals surface area contributed by atoms with Crippen LogP contribution in [-0.4, -0.2) is 57.7 Å². The van der Waals surface area contributed by atoms with Crippen molar-refractivity contribution in [1.29, 1.82) is 0 Å². The highest BCUT2D eigenvalue weighted by Gasteiger charge is 2.40. The highest BCUT2D eigenvalue weighted by atomic mass is 32.2. The Kier molecular flexibility index (Phi) is 8.29. The Hall–Kier alpha value is -4.97. The summed E-state index contributed by atoms with van der Waals surface area (Å²) < 4.78 is 4.94. The standard InChI is InChI=1S/C28H22N2O9S/c1-2-39-28(38)15-3-8-18(9-4-15)30-23(31)14-22(25(30)33)40-19-10-6-17(7-11-19)29-24(32)20-12-5-16(26(34)35)13-21(20)27(36)37/h3-13,22H,2,14H2,1H3,(H,29,32)(H,34,35)(H,36,37). The number of carbonyl (C=O) groups is 6. The Morgan fingerprint density at radius 1 is 0.900 bits per heavy atom. The zero-order chi connectivity index (χ0) is 29.0. The van der Waals surface area contributed by atoms with Gasteiger partial charge in [0.1, 0.15) is 0 Å². The molecule has 12 heteroatoms. The molecule has 0 saturated carbocycles. The Morgan fingerprint density at radius 3 is 2.15 bits per heavy atom. The van der Waals surface area contributed by atoms with Crippen molar-refractivity contribution < 1.29 is 43.7 Å². The zero-order valence-corrected chi connectivity index (χ0v) is 21.8. The van der Waals surface area contributed by atoms with Gasteiger partial charge in [-0.15, -0.1) is 11.8 Å². The molecule has 0 aliphatic carbocycles. The zero-order valence-electron chi connectivity index (χ0n) is 21.0. The summed E-state index contributed by atoms with van der Waals surface area (Å²) in [6.45, 7) is 1.92.